The van der Waals surface area contributed by atoms with Crippen molar-refractivity contribution in [2.24, 2.45) is 5.11 Å². The van der Waals surface area contributed by atoms with Crippen LogP contribution in [0, 0.1) is 5.53 Å². The van der Waals surface area contributed by atoms with Crippen LogP contribution in [-0.4, -0.2) is 30.5 Å². The second-order valence-electron chi connectivity index (χ2n) is 6.43. The van der Waals surface area contributed by atoms with E-state index in [0.29, 0.717) is 24.2 Å². The maximum atomic E-state index is 12.9. The van der Waals surface area contributed by atoms with Gasteiger partial charge in [-0.05, 0) is 25.2 Å². The summed E-state index contributed by atoms with van der Waals surface area (Å²) in [6.07, 6.45) is -8.74. The quantitative estimate of drug-likeness (QED) is 0.315. The monoisotopic (exact) mass is 480 g/mol. The molecule has 0 bridgehead atoms. The third-order valence-electron chi connectivity index (χ3n) is 4.14. The van der Waals surface area contributed by atoms with Crippen LogP contribution in [0.1, 0.15) is 16.8 Å². The lowest BCUT2D eigenvalue weighted by Gasteiger charge is -2.15. The summed E-state index contributed by atoms with van der Waals surface area (Å²) in [6.45, 7) is -0.282. The van der Waals surface area contributed by atoms with Gasteiger partial charge in [-0.15, -0.1) is 11.3 Å². The molecule has 0 fully saturated rings. The SMILES string of the molecule is CNC(Cc1cscn1)C(=O)NC/C(=C/Nc1cc(C(F)(F)F)cc(C(F)(F)F)c1)N=N. The average Bonchev–Trinajstić information content (AvgIpc) is 3.23. The molecule has 1 atom stereocenters. The van der Waals surface area contributed by atoms with Crippen LogP contribution in [0.3, 0.4) is 0 Å². The number of amides is 1. The van der Waals surface area contributed by atoms with Gasteiger partial charge < -0.3 is 16.0 Å². The van der Waals surface area contributed by atoms with Crippen LogP contribution in [0.15, 0.2) is 46.1 Å². The summed E-state index contributed by atoms with van der Waals surface area (Å²) in [5, 5.41) is 12.5. The molecule has 1 aromatic carbocycles. The Labute approximate surface area is 182 Å². The van der Waals surface area contributed by atoms with Crippen molar-refractivity contribution in [2.75, 3.05) is 18.9 Å². The van der Waals surface area contributed by atoms with Gasteiger partial charge in [0.2, 0.25) is 5.91 Å². The highest BCUT2D eigenvalue weighted by Gasteiger charge is 2.36. The lowest BCUT2D eigenvalue weighted by Crippen LogP contribution is -2.44. The van der Waals surface area contributed by atoms with Gasteiger partial charge in [0.05, 0.1) is 40.6 Å². The minimum absolute atomic E-state index is 0.00508. The average molecular weight is 480 g/mol. The fourth-order valence-electron chi connectivity index (χ4n) is 2.50. The standard InChI is InChI=1S/C18H18F6N6OS/c1-26-15(5-13-8-32-9-29-13)16(31)28-7-14(30-25)6-27-12-3-10(17(19,20)21)2-11(4-12)18(22,23)24/h2-4,6,8-9,15,25-27H,5,7H2,1H3,(H,28,31)/b14-6-,30-25?. The molecule has 0 aliphatic carbocycles. The number of anilines is 1. The van der Waals surface area contributed by atoms with Crippen molar-refractivity contribution in [1.29, 1.82) is 5.53 Å². The largest absolute Gasteiger partial charge is 0.416 e. The molecule has 0 aliphatic heterocycles. The van der Waals surface area contributed by atoms with E-state index in [-0.39, 0.29) is 18.3 Å². The fourth-order valence-corrected chi connectivity index (χ4v) is 3.07. The number of halogens is 6. The van der Waals surface area contributed by atoms with Crippen molar-refractivity contribution in [2.45, 2.75) is 24.8 Å². The fraction of sp³-hybridized carbons (Fsp3) is 0.333. The second kappa shape index (κ2) is 10.5. The Morgan fingerprint density at radius 1 is 1.19 bits per heavy atom. The Hall–Kier alpha value is -3.00. The highest BCUT2D eigenvalue weighted by atomic mass is 32.1. The van der Waals surface area contributed by atoms with Gasteiger partial charge in [-0.1, -0.05) is 0 Å². The number of carbonyl (C=O) groups is 1. The van der Waals surface area contributed by atoms with Crippen molar-refractivity contribution < 1.29 is 31.1 Å². The molecule has 2 aromatic rings. The number of rotatable bonds is 9. The van der Waals surface area contributed by atoms with Crippen LogP contribution in [0.2, 0.25) is 0 Å². The molecular weight excluding hydrogens is 462 g/mol. The van der Waals surface area contributed by atoms with Crippen molar-refractivity contribution in [1.82, 2.24) is 15.6 Å². The van der Waals surface area contributed by atoms with E-state index in [1.807, 2.05) is 0 Å². The Bertz CT molecular complexity index is 926. The molecule has 0 spiro atoms. The zero-order valence-corrected chi connectivity index (χ0v) is 17.3. The Balaban J connectivity index is 2.10. The van der Waals surface area contributed by atoms with E-state index in [4.69, 9.17) is 5.53 Å². The van der Waals surface area contributed by atoms with Crippen LogP contribution in [0.25, 0.3) is 0 Å². The minimum atomic E-state index is -4.99. The normalized spacial score (nSPS) is 13.5. The predicted octanol–water partition coefficient (Wildman–Crippen LogP) is 4.41. The summed E-state index contributed by atoms with van der Waals surface area (Å²) < 4.78 is 77.6. The van der Waals surface area contributed by atoms with Crippen molar-refractivity contribution in [3.63, 3.8) is 0 Å². The molecular formula is C18H18F6N6OS. The van der Waals surface area contributed by atoms with E-state index in [0.717, 1.165) is 6.20 Å². The minimum Gasteiger partial charge on any atom is -0.360 e. The van der Waals surface area contributed by atoms with E-state index in [2.05, 4.69) is 26.0 Å². The maximum Gasteiger partial charge on any atom is 0.416 e. The van der Waals surface area contributed by atoms with Gasteiger partial charge in [0.1, 0.15) is 0 Å². The number of likely N-dealkylation sites (N-methyl/N-ethyl adjacent to an activating group) is 1. The summed E-state index contributed by atoms with van der Waals surface area (Å²) in [4.78, 5) is 16.4. The van der Waals surface area contributed by atoms with Gasteiger partial charge in [-0.2, -0.15) is 31.5 Å². The van der Waals surface area contributed by atoms with E-state index in [9.17, 15) is 31.1 Å². The third kappa shape index (κ3) is 7.30. The number of hydrogen-bond donors (Lipinski definition) is 4. The topological polar surface area (TPSA) is 102 Å². The first kappa shape index (κ1) is 25.3. The highest BCUT2D eigenvalue weighted by molar-refractivity contribution is 7.07. The van der Waals surface area contributed by atoms with Crippen LogP contribution < -0.4 is 16.0 Å². The van der Waals surface area contributed by atoms with Crippen molar-refractivity contribution >= 4 is 22.9 Å². The smallest absolute Gasteiger partial charge is 0.360 e. The first-order valence-corrected chi connectivity index (χ1v) is 9.83. The van der Waals surface area contributed by atoms with Gasteiger partial charge in [0, 0.05) is 23.7 Å². The van der Waals surface area contributed by atoms with Crippen molar-refractivity contribution in [3.05, 3.63) is 57.8 Å². The number of thiazole rings is 1. The molecule has 7 nitrogen and oxygen atoms in total. The molecule has 1 heterocycles. The second-order valence-corrected chi connectivity index (χ2v) is 7.15. The molecule has 2 rings (SSSR count). The number of aromatic nitrogens is 1. The number of alkyl halides is 6. The summed E-state index contributed by atoms with van der Waals surface area (Å²) in [7, 11) is 1.57. The molecule has 174 valence electrons. The van der Waals surface area contributed by atoms with Crippen LogP contribution in [0.4, 0.5) is 32.0 Å². The number of benzene rings is 1. The Morgan fingerprint density at radius 2 is 1.81 bits per heavy atom. The van der Waals surface area contributed by atoms with Gasteiger partial charge in [-0.25, -0.2) is 10.5 Å². The lowest BCUT2D eigenvalue weighted by molar-refractivity contribution is -0.143. The summed E-state index contributed by atoms with van der Waals surface area (Å²) in [5.41, 5.74) is 5.84. The summed E-state index contributed by atoms with van der Waals surface area (Å²) in [5.74, 6) is -0.450. The van der Waals surface area contributed by atoms with Gasteiger partial charge in [-0.3, -0.25) is 4.79 Å². The van der Waals surface area contributed by atoms with Gasteiger partial charge in [0.25, 0.3) is 0 Å². The van der Waals surface area contributed by atoms with Crippen LogP contribution in [0.5, 0.6) is 0 Å². The van der Waals surface area contributed by atoms with E-state index >= 15 is 0 Å². The van der Waals surface area contributed by atoms with E-state index in [1.165, 1.54) is 11.3 Å². The summed E-state index contributed by atoms with van der Waals surface area (Å²) in [6, 6.07) is 0.355. The molecule has 14 heteroatoms. The first-order valence-electron chi connectivity index (χ1n) is 8.88. The molecule has 0 saturated carbocycles. The third-order valence-corrected chi connectivity index (χ3v) is 4.78. The zero-order chi connectivity index (χ0) is 23.9. The molecule has 4 N–H and O–H groups in total. The molecule has 0 radical (unpaired) electrons. The van der Waals surface area contributed by atoms with Crippen LogP contribution in [-0.2, 0) is 23.6 Å². The number of nitrogens with zero attached hydrogens (tertiary/aromatic N) is 2. The Kier molecular flexibility index (Phi) is 8.32. The first-order chi connectivity index (χ1) is 14.9. The van der Waals surface area contributed by atoms with Crippen molar-refractivity contribution in [3.8, 4) is 0 Å². The highest BCUT2D eigenvalue weighted by Crippen LogP contribution is 2.37. The van der Waals surface area contributed by atoms with Gasteiger partial charge >= 0.3 is 12.4 Å². The molecule has 1 amide bonds. The molecule has 0 saturated heterocycles. The van der Waals surface area contributed by atoms with E-state index in [1.54, 1.807) is 17.9 Å². The maximum absolute atomic E-state index is 12.9. The van der Waals surface area contributed by atoms with E-state index < -0.39 is 41.1 Å². The molecule has 1 aromatic heterocycles. The molecule has 0 aliphatic rings. The zero-order valence-electron chi connectivity index (χ0n) is 16.4. The molecule has 1 unspecified atom stereocenters. The van der Waals surface area contributed by atoms with Crippen LogP contribution >= 0.6 is 11.3 Å². The number of carbonyl (C=O) groups excluding carboxylic acids is 1. The number of hydrogen-bond acceptors (Lipinski definition) is 7. The number of nitrogens with one attached hydrogen (secondary N) is 4. The van der Waals surface area contributed by atoms with Gasteiger partial charge in [0.15, 0.2) is 0 Å². The lowest BCUT2D eigenvalue weighted by atomic mass is 10.1. The molecule has 32 heavy (non-hydrogen) atoms. The predicted molar refractivity (Wildman–Crippen MR) is 105 cm³/mol. The Morgan fingerprint density at radius 3 is 2.28 bits per heavy atom. The summed E-state index contributed by atoms with van der Waals surface area (Å²) >= 11 is 1.37.